The number of hydrogen-bond donors (Lipinski definition) is 1. The molecule has 0 aliphatic carbocycles. The number of nitrogens with one attached hydrogen (secondary N) is 1. The standard InChI is InChI=1S/C18H20N2O/c21-18(20-11-14-7-4-10-19-17(14)12-20)16-9-3-6-13-5-1-2-8-15(13)16/h1-3,5-6,8-9,14,17,19H,4,7,10-12H2/t14-,17+/m0/s1. The van der Waals surface area contributed by atoms with Gasteiger partial charge in [-0.15, -0.1) is 0 Å². The molecule has 2 aliphatic heterocycles. The van der Waals surface area contributed by atoms with Gasteiger partial charge < -0.3 is 10.2 Å². The van der Waals surface area contributed by atoms with Gasteiger partial charge in [-0.1, -0.05) is 36.4 Å². The summed E-state index contributed by atoms with van der Waals surface area (Å²) in [5, 5.41) is 5.76. The number of amides is 1. The molecule has 0 spiro atoms. The van der Waals surface area contributed by atoms with Crippen LogP contribution in [0.4, 0.5) is 0 Å². The normalized spacial score (nSPS) is 25.0. The zero-order valence-corrected chi connectivity index (χ0v) is 12.1. The molecule has 1 amide bonds. The van der Waals surface area contributed by atoms with E-state index in [1.54, 1.807) is 0 Å². The molecule has 0 saturated carbocycles. The van der Waals surface area contributed by atoms with Gasteiger partial charge in [-0.05, 0) is 42.1 Å². The first kappa shape index (κ1) is 12.8. The van der Waals surface area contributed by atoms with Gasteiger partial charge >= 0.3 is 0 Å². The number of piperidine rings is 1. The summed E-state index contributed by atoms with van der Waals surface area (Å²) in [6.45, 7) is 2.85. The van der Waals surface area contributed by atoms with Crippen LogP contribution in [0.15, 0.2) is 42.5 Å². The summed E-state index contributed by atoms with van der Waals surface area (Å²) < 4.78 is 0. The molecule has 2 aromatic rings. The van der Waals surface area contributed by atoms with E-state index in [1.807, 2.05) is 35.2 Å². The van der Waals surface area contributed by atoms with E-state index < -0.39 is 0 Å². The van der Waals surface area contributed by atoms with Crippen LogP contribution >= 0.6 is 0 Å². The minimum absolute atomic E-state index is 0.183. The maximum atomic E-state index is 12.9. The molecule has 1 N–H and O–H groups in total. The Kier molecular flexibility index (Phi) is 3.15. The van der Waals surface area contributed by atoms with Crippen molar-refractivity contribution in [3.05, 3.63) is 48.0 Å². The van der Waals surface area contributed by atoms with Gasteiger partial charge in [-0.2, -0.15) is 0 Å². The number of benzene rings is 2. The molecular formula is C18H20N2O. The van der Waals surface area contributed by atoms with Gasteiger partial charge in [0.05, 0.1) is 0 Å². The van der Waals surface area contributed by atoms with Crippen LogP contribution < -0.4 is 5.32 Å². The van der Waals surface area contributed by atoms with E-state index >= 15 is 0 Å². The molecule has 0 aromatic heterocycles. The highest BCUT2D eigenvalue weighted by Crippen LogP contribution is 2.27. The van der Waals surface area contributed by atoms with Crippen molar-refractivity contribution in [3.63, 3.8) is 0 Å². The summed E-state index contributed by atoms with van der Waals surface area (Å²) in [7, 11) is 0. The predicted octanol–water partition coefficient (Wildman–Crippen LogP) is 2.66. The molecule has 108 valence electrons. The third-order valence-electron chi connectivity index (χ3n) is 4.91. The third-order valence-corrected chi connectivity index (χ3v) is 4.91. The first-order valence-corrected chi connectivity index (χ1v) is 7.83. The van der Waals surface area contributed by atoms with Crippen LogP contribution in [0.3, 0.4) is 0 Å². The number of likely N-dealkylation sites (tertiary alicyclic amines) is 1. The minimum Gasteiger partial charge on any atom is -0.337 e. The SMILES string of the molecule is O=C(c1cccc2ccccc12)N1C[C@@H]2CCCN[C@@H]2C1. The molecule has 2 atom stereocenters. The van der Waals surface area contributed by atoms with Crippen LogP contribution in [-0.2, 0) is 0 Å². The molecule has 3 nitrogen and oxygen atoms in total. The van der Waals surface area contributed by atoms with E-state index in [4.69, 9.17) is 0 Å². The van der Waals surface area contributed by atoms with Crippen LogP contribution in [0.5, 0.6) is 0 Å². The van der Waals surface area contributed by atoms with Crippen LogP contribution in [0.2, 0.25) is 0 Å². The lowest BCUT2D eigenvalue weighted by molar-refractivity contribution is 0.0787. The van der Waals surface area contributed by atoms with Crippen molar-refractivity contribution in [1.82, 2.24) is 10.2 Å². The molecule has 21 heavy (non-hydrogen) atoms. The molecule has 2 aliphatic rings. The summed E-state index contributed by atoms with van der Waals surface area (Å²) in [5.41, 5.74) is 0.840. The van der Waals surface area contributed by atoms with E-state index in [0.29, 0.717) is 12.0 Å². The zero-order chi connectivity index (χ0) is 14.2. The Morgan fingerprint density at radius 1 is 1.10 bits per heavy atom. The molecule has 2 heterocycles. The third kappa shape index (κ3) is 2.22. The van der Waals surface area contributed by atoms with E-state index in [9.17, 15) is 4.79 Å². The second-order valence-electron chi connectivity index (χ2n) is 6.20. The zero-order valence-electron chi connectivity index (χ0n) is 12.1. The molecule has 0 radical (unpaired) electrons. The largest absolute Gasteiger partial charge is 0.337 e. The smallest absolute Gasteiger partial charge is 0.254 e. The average Bonchev–Trinajstić information content (AvgIpc) is 2.97. The van der Waals surface area contributed by atoms with E-state index in [0.717, 1.165) is 36.0 Å². The Morgan fingerprint density at radius 3 is 2.86 bits per heavy atom. The Hall–Kier alpha value is -1.87. The Labute approximate surface area is 124 Å². The molecule has 4 rings (SSSR count). The highest BCUT2D eigenvalue weighted by molar-refractivity contribution is 6.07. The maximum Gasteiger partial charge on any atom is 0.254 e. The van der Waals surface area contributed by atoms with E-state index in [2.05, 4.69) is 17.4 Å². The fraction of sp³-hybridized carbons (Fsp3) is 0.389. The van der Waals surface area contributed by atoms with Crippen molar-refractivity contribution >= 4 is 16.7 Å². The molecule has 2 fully saturated rings. The predicted molar refractivity (Wildman–Crippen MR) is 84.4 cm³/mol. The second kappa shape index (κ2) is 5.15. The molecule has 2 aromatic carbocycles. The van der Waals surface area contributed by atoms with Gasteiger partial charge in [-0.3, -0.25) is 4.79 Å². The van der Waals surface area contributed by atoms with Crippen molar-refractivity contribution in [2.45, 2.75) is 18.9 Å². The number of carbonyl (C=O) groups is 1. The highest BCUT2D eigenvalue weighted by atomic mass is 16.2. The van der Waals surface area contributed by atoms with Crippen molar-refractivity contribution in [2.75, 3.05) is 19.6 Å². The number of rotatable bonds is 1. The molecule has 0 unspecified atom stereocenters. The van der Waals surface area contributed by atoms with Gasteiger partial charge in [0, 0.05) is 24.7 Å². The number of nitrogens with zero attached hydrogens (tertiary/aromatic N) is 1. The van der Waals surface area contributed by atoms with Gasteiger partial charge in [-0.25, -0.2) is 0 Å². The lowest BCUT2D eigenvalue weighted by Gasteiger charge is -2.24. The average molecular weight is 280 g/mol. The molecule has 2 saturated heterocycles. The van der Waals surface area contributed by atoms with Crippen LogP contribution in [-0.4, -0.2) is 36.5 Å². The Balaban J connectivity index is 1.65. The van der Waals surface area contributed by atoms with Gasteiger partial charge in [0.2, 0.25) is 0 Å². The summed E-state index contributed by atoms with van der Waals surface area (Å²) >= 11 is 0. The number of carbonyl (C=O) groups excluding carboxylic acids is 1. The van der Waals surface area contributed by atoms with Crippen molar-refractivity contribution in [1.29, 1.82) is 0 Å². The first-order valence-electron chi connectivity index (χ1n) is 7.83. The number of fused-ring (bicyclic) bond motifs is 2. The fourth-order valence-electron chi connectivity index (χ4n) is 3.79. The van der Waals surface area contributed by atoms with Crippen LogP contribution in [0.1, 0.15) is 23.2 Å². The Bertz CT molecular complexity index is 662. The van der Waals surface area contributed by atoms with E-state index in [1.165, 1.54) is 12.8 Å². The Morgan fingerprint density at radius 2 is 1.95 bits per heavy atom. The summed E-state index contributed by atoms with van der Waals surface area (Å²) in [5.74, 6) is 0.820. The quantitative estimate of drug-likeness (QED) is 0.871. The van der Waals surface area contributed by atoms with Crippen LogP contribution in [0, 0.1) is 5.92 Å². The maximum absolute atomic E-state index is 12.9. The fourth-order valence-corrected chi connectivity index (χ4v) is 3.79. The van der Waals surface area contributed by atoms with Gasteiger partial charge in [0.1, 0.15) is 0 Å². The minimum atomic E-state index is 0.183. The van der Waals surface area contributed by atoms with Gasteiger partial charge in [0.25, 0.3) is 5.91 Å². The molecule has 0 bridgehead atoms. The first-order chi connectivity index (χ1) is 10.3. The second-order valence-corrected chi connectivity index (χ2v) is 6.20. The highest BCUT2D eigenvalue weighted by Gasteiger charge is 2.36. The summed E-state index contributed by atoms with van der Waals surface area (Å²) in [6, 6.07) is 14.6. The molecular weight excluding hydrogens is 260 g/mol. The topological polar surface area (TPSA) is 32.3 Å². The van der Waals surface area contributed by atoms with Gasteiger partial charge in [0.15, 0.2) is 0 Å². The lowest BCUT2D eigenvalue weighted by atomic mass is 9.94. The number of hydrogen-bond acceptors (Lipinski definition) is 2. The summed E-state index contributed by atoms with van der Waals surface area (Å²) in [4.78, 5) is 14.9. The lowest BCUT2D eigenvalue weighted by Crippen LogP contribution is -2.41. The van der Waals surface area contributed by atoms with Crippen molar-refractivity contribution in [2.24, 2.45) is 5.92 Å². The van der Waals surface area contributed by atoms with Crippen LogP contribution in [0.25, 0.3) is 10.8 Å². The van der Waals surface area contributed by atoms with E-state index in [-0.39, 0.29) is 5.91 Å². The summed E-state index contributed by atoms with van der Waals surface area (Å²) in [6.07, 6.45) is 2.48. The molecule has 3 heteroatoms. The van der Waals surface area contributed by atoms with Crippen molar-refractivity contribution < 1.29 is 4.79 Å². The van der Waals surface area contributed by atoms with Crippen molar-refractivity contribution in [3.8, 4) is 0 Å². The monoisotopic (exact) mass is 280 g/mol.